The fourth-order valence-corrected chi connectivity index (χ4v) is 0.896. The van der Waals surface area contributed by atoms with E-state index in [0.29, 0.717) is 6.54 Å². The van der Waals surface area contributed by atoms with Crippen LogP contribution in [0, 0.1) is 0 Å². The molecule has 0 amide bonds. The van der Waals surface area contributed by atoms with Crippen molar-refractivity contribution in [2.45, 2.75) is 6.10 Å². The molecule has 1 rings (SSSR count). The standard InChI is InChI=1S/C7H12N2O3/c1-9(2)4-5(10)6-3-8-7(11)12-6/h3,5,10H,4H2,1-2H3,(H,8,11). The first-order valence-corrected chi connectivity index (χ1v) is 3.61. The van der Waals surface area contributed by atoms with Gasteiger partial charge in [-0.05, 0) is 14.1 Å². The number of H-pyrrole nitrogens is 1. The molecule has 0 aliphatic heterocycles. The van der Waals surface area contributed by atoms with Crippen LogP contribution >= 0.6 is 0 Å². The van der Waals surface area contributed by atoms with E-state index < -0.39 is 11.9 Å². The Balaban J connectivity index is 2.65. The molecule has 1 unspecified atom stereocenters. The number of hydrogen-bond donors (Lipinski definition) is 2. The zero-order chi connectivity index (χ0) is 9.14. The third kappa shape index (κ3) is 2.21. The lowest BCUT2D eigenvalue weighted by atomic mass is 10.3. The largest absolute Gasteiger partial charge is 0.416 e. The molecule has 1 heterocycles. The Morgan fingerprint density at radius 2 is 2.42 bits per heavy atom. The Hall–Kier alpha value is -1.07. The molecule has 0 radical (unpaired) electrons. The van der Waals surface area contributed by atoms with Gasteiger partial charge in [0.15, 0.2) is 5.76 Å². The van der Waals surface area contributed by atoms with Gasteiger partial charge in [-0.15, -0.1) is 0 Å². The van der Waals surface area contributed by atoms with Crippen LogP contribution in [0.4, 0.5) is 0 Å². The maximum atomic E-state index is 10.5. The SMILES string of the molecule is CN(C)CC(O)c1c[nH]c(=O)o1. The number of hydrogen-bond acceptors (Lipinski definition) is 4. The van der Waals surface area contributed by atoms with Crippen molar-refractivity contribution >= 4 is 0 Å². The molecule has 0 saturated heterocycles. The van der Waals surface area contributed by atoms with E-state index >= 15 is 0 Å². The number of aliphatic hydroxyl groups excluding tert-OH is 1. The number of rotatable bonds is 3. The van der Waals surface area contributed by atoms with Gasteiger partial charge in [-0.2, -0.15) is 0 Å². The summed E-state index contributed by atoms with van der Waals surface area (Å²) in [7, 11) is 3.65. The van der Waals surface area contributed by atoms with Crippen LogP contribution in [-0.2, 0) is 0 Å². The van der Waals surface area contributed by atoms with Gasteiger partial charge in [-0.1, -0.05) is 0 Å². The molecule has 1 atom stereocenters. The van der Waals surface area contributed by atoms with Crippen molar-refractivity contribution in [3.05, 3.63) is 22.5 Å². The van der Waals surface area contributed by atoms with Crippen LogP contribution in [-0.4, -0.2) is 35.6 Å². The summed E-state index contributed by atoms with van der Waals surface area (Å²) < 4.78 is 4.66. The summed E-state index contributed by atoms with van der Waals surface area (Å²) in [6.07, 6.45) is 0.621. The Labute approximate surface area is 69.6 Å². The number of aliphatic hydroxyl groups is 1. The summed E-state index contributed by atoms with van der Waals surface area (Å²) >= 11 is 0. The molecule has 0 aliphatic carbocycles. The van der Waals surface area contributed by atoms with E-state index in [2.05, 4.69) is 9.40 Å². The Bertz CT molecular complexity index is 289. The van der Waals surface area contributed by atoms with Gasteiger partial charge in [0.05, 0.1) is 0 Å². The van der Waals surface area contributed by atoms with Crippen molar-refractivity contribution in [1.82, 2.24) is 9.88 Å². The van der Waals surface area contributed by atoms with Crippen molar-refractivity contribution in [1.29, 1.82) is 0 Å². The van der Waals surface area contributed by atoms with E-state index in [0.717, 1.165) is 0 Å². The molecule has 0 spiro atoms. The molecule has 5 heteroatoms. The van der Waals surface area contributed by atoms with Crippen LogP contribution in [0.5, 0.6) is 0 Å². The van der Waals surface area contributed by atoms with E-state index in [4.69, 9.17) is 0 Å². The summed E-state index contributed by atoms with van der Waals surface area (Å²) in [5.74, 6) is -0.267. The molecule has 5 nitrogen and oxygen atoms in total. The van der Waals surface area contributed by atoms with Gasteiger partial charge < -0.3 is 14.4 Å². The van der Waals surface area contributed by atoms with Crippen molar-refractivity contribution in [3.63, 3.8) is 0 Å². The predicted molar refractivity (Wildman–Crippen MR) is 42.8 cm³/mol. The average Bonchev–Trinajstić information content (AvgIpc) is 2.34. The smallest absolute Gasteiger partial charge is 0.410 e. The van der Waals surface area contributed by atoms with Crippen molar-refractivity contribution < 1.29 is 9.52 Å². The minimum Gasteiger partial charge on any atom is -0.410 e. The molecule has 68 valence electrons. The minimum atomic E-state index is -0.751. The topological polar surface area (TPSA) is 69.5 Å². The number of nitrogens with one attached hydrogen (secondary N) is 1. The van der Waals surface area contributed by atoms with E-state index in [-0.39, 0.29) is 5.76 Å². The summed E-state index contributed by atoms with van der Waals surface area (Å²) in [6.45, 7) is 0.431. The van der Waals surface area contributed by atoms with Gasteiger partial charge in [0, 0.05) is 12.7 Å². The van der Waals surface area contributed by atoms with Gasteiger partial charge in [0.2, 0.25) is 0 Å². The predicted octanol–water partition coefficient (Wildman–Crippen LogP) is -0.437. The normalized spacial score (nSPS) is 13.7. The van der Waals surface area contributed by atoms with Crippen molar-refractivity contribution in [3.8, 4) is 0 Å². The molecule has 12 heavy (non-hydrogen) atoms. The highest BCUT2D eigenvalue weighted by Gasteiger charge is 2.12. The van der Waals surface area contributed by atoms with Crippen molar-refractivity contribution in [2.75, 3.05) is 20.6 Å². The lowest BCUT2D eigenvalue weighted by Crippen LogP contribution is -2.19. The van der Waals surface area contributed by atoms with E-state index in [9.17, 15) is 9.90 Å². The summed E-state index contributed by atoms with van der Waals surface area (Å²) in [5, 5.41) is 9.41. The summed E-state index contributed by atoms with van der Waals surface area (Å²) in [6, 6.07) is 0. The lowest BCUT2D eigenvalue weighted by Gasteiger charge is -2.12. The van der Waals surface area contributed by atoms with Gasteiger partial charge in [-0.25, -0.2) is 4.79 Å². The summed E-state index contributed by atoms with van der Waals surface area (Å²) in [4.78, 5) is 14.7. The van der Waals surface area contributed by atoms with Crippen molar-refractivity contribution in [2.24, 2.45) is 0 Å². The fourth-order valence-electron chi connectivity index (χ4n) is 0.896. The second-order valence-electron chi connectivity index (χ2n) is 2.86. The Morgan fingerprint density at radius 3 is 2.83 bits per heavy atom. The zero-order valence-electron chi connectivity index (χ0n) is 7.07. The molecule has 0 aliphatic rings. The molecule has 0 aromatic carbocycles. The van der Waals surface area contributed by atoms with E-state index in [1.807, 2.05) is 14.1 Å². The molecule has 1 aromatic heterocycles. The van der Waals surface area contributed by atoms with Crippen LogP contribution in [0.1, 0.15) is 11.9 Å². The van der Waals surface area contributed by atoms with Crippen LogP contribution < -0.4 is 5.76 Å². The fraction of sp³-hybridized carbons (Fsp3) is 0.571. The number of aromatic amines is 1. The molecular weight excluding hydrogens is 160 g/mol. The van der Waals surface area contributed by atoms with E-state index in [1.165, 1.54) is 6.20 Å². The van der Waals surface area contributed by atoms with Gasteiger partial charge in [0.25, 0.3) is 0 Å². The number of likely N-dealkylation sites (N-methyl/N-ethyl adjacent to an activating group) is 1. The van der Waals surface area contributed by atoms with Crippen LogP contribution in [0.2, 0.25) is 0 Å². The lowest BCUT2D eigenvalue weighted by molar-refractivity contribution is 0.114. The quantitative estimate of drug-likeness (QED) is 0.648. The highest BCUT2D eigenvalue weighted by atomic mass is 16.4. The molecule has 1 aromatic rings. The first kappa shape index (κ1) is 9.02. The second-order valence-corrected chi connectivity index (χ2v) is 2.86. The monoisotopic (exact) mass is 172 g/mol. The minimum absolute atomic E-state index is 0.272. The van der Waals surface area contributed by atoms with E-state index in [1.54, 1.807) is 4.90 Å². The van der Waals surface area contributed by atoms with Gasteiger partial charge >= 0.3 is 5.76 Å². The third-order valence-corrected chi connectivity index (χ3v) is 1.41. The Morgan fingerprint density at radius 1 is 1.75 bits per heavy atom. The highest BCUT2D eigenvalue weighted by molar-refractivity contribution is 4.94. The number of nitrogens with zero attached hydrogens (tertiary/aromatic N) is 1. The first-order valence-electron chi connectivity index (χ1n) is 3.61. The highest BCUT2D eigenvalue weighted by Crippen LogP contribution is 2.09. The summed E-state index contributed by atoms with van der Waals surface area (Å²) in [5.41, 5.74) is 0. The maximum absolute atomic E-state index is 10.5. The van der Waals surface area contributed by atoms with Gasteiger partial charge in [0.1, 0.15) is 6.10 Å². The van der Waals surface area contributed by atoms with Gasteiger partial charge in [-0.3, -0.25) is 4.98 Å². The molecular formula is C7H12N2O3. The zero-order valence-corrected chi connectivity index (χ0v) is 7.07. The second kappa shape index (κ2) is 3.55. The van der Waals surface area contributed by atoms with Crippen LogP contribution in [0.25, 0.3) is 0 Å². The van der Waals surface area contributed by atoms with Crippen LogP contribution in [0.3, 0.4) is 0 Å². The molecule has 0 bridgehead atoms. The Kier molecular flexibility index (Phi) is 2.67. The maximum Gasteiger partial charge on any atom is 0.416 e. The third-order valence-electron chi connectivity index (χ3n) is 1.41. The van der Waals surface area contributed by atoms with Crippen LogP contribution in [0.15, 0.2) is 15.4 Å². The first-order chi connectivity index (χ1) is 5.59. The number of aromatic nitrogens is 1. The number of oxazole rings is 1. The molecule has 0 fully saturated rings. The molecule has 0 saturated carbocycles. The molecule has 2 N–H and O–H groups in total. The average molecular weight is 172 g/mol.